The first kappa shape index (κ1) is 13.9. The summed E-state index contributed by atoms with van der Waals surface area (Å²) in [5.41, 5.74) is 3.40. The molecule has 1 aromatic carbocycles. The Morgan fingerprint density at radius 3 is 2.32 bits per heavy atom. The molecule has 7 heteroatoms. The highest BCUT2D eigenvalue weighted by molar-refractivity contribution is 7.10. The molecule has 1 unspecified atom stereocenters. The van der Waals surface area contributed by atoms with Crippen LogP contribution in [0.2, 0.25) is 0 Å². The summed E-state index contributed by atoms with van der Waals surface area (Å²) in [6.45, 7) is 0. The second-order valence-corrected chi connectivity index (χ2v) is 4.71. The molecule has 3 N–H and O–H groups in total. The maximum Gasteiger partial charge on any atom is 0.573 e. The van der Waals surface area contributed by atoms with Crippen LogP contribution in [0.5, 0.6) is 5.75 Å². The third-order valence-electron chi connectivity index (χ3n) is 2.44. The molecule has 0 aliphatic rings. The molecule has 19 heavy (non-hydrogen) atoms. The molecular weight excluding hydrogens is 277 g/mol. The van der Waals surface area contributed by atoms with Gasteiger partial charge in [-0.3, -0.25) is 5.84 Å². The van der Waals surface area contributed by atoms with Gasteiger partial charge in [-0.2, -0.15) is 0 Å². The minimum Gasteiger partial charge on any atom is -0.406 e. The van der Waals surface area contributed by atoms with Crippen molar-refractivity contribution in [1.82, 2.24) is 5.43 Å². The van der Waals surface area contributed by atoms with Gasteiger partial charge in [0.1, 0.15) is 5.75 Å². The monoisotopic (exact) mass is 288 g/mol. The molecule has 0 amide bonds. The van der Waals surface area contributed by atoms with Crippen LogP contribution in [0.15, 0.2) is 41.8 Å². The second-order valence-electron chi connectivity index (χ2n) is 3.73. The van der Waals surface area contributed by atoms with E-state index in [4.69, 9.17) is 5.84 Å². The molecule has 0 aliphatic heterocycles. The number of nitrogens with two attached hydrogens (primary N) is 1. The van der Waals surface area contributed by atoms with Crippen molar-refractivity contribution >= 4 is 11.3 Å². The fourth-order valence-electron chi connectivity index (χ4n) is 1.66. The molecule has 1 atom stereocenters. The minimum atomic E-state index is -4.68. The Labute approximate surface area is 111 Å². The summed E-state index contributed by atoms with van der Waals surface area (Å²) in [6, 6.07) is 9.15. The lowest BCUT2D eigenvalue weighted by molar-refractivity contribution is -0.274. The van der Waals surface area contributed by atoms with Gasteiger partial charge in [-0.25, -0.2) is 5.43 Å². The third kappa shape index (κ3) is 3.69. The van der Waals surface area contributed by atoms with E-state index in [2.05, 4.69) is 10.2 Å². The quantitative estimate of drug-likeness (QED) is 0.671. The lowest BCUT2D eigenvalue weighted by atomic mass is 10.1. The molecule has 1 aromatic heterocycles. The molecule has 102 valence electrons. The van der Waals surface area contributed by atoms with Crippen molar-refractivity contribution in [2.75, 3.05) is 0 Å². The van der Waals surface area contributed by atoms with E-state index in [1.165, 1.54) is 23.5 Å². The van der Waals surface area contributed by atoms with E-state index in [1.807, 2.05) is 17.5 Å². The number of thiophene rings is 1. The highest BCUT2D eigenvalue weighted by Gasteiger charge is 2.31. The van der Waals surface area contributed by atoms with Crippen LogP contribution in [0.3, 0.4) is 0 Å². The average Bonchev–Trinajstić information content (AvgIpc) is 2.84. The van der Waals surface area contributed by atoms with E-state index >= 15 is 0 Å². The van der Waals surface area contributed by atoms with Crippen LogP contribution in [0.25, 0.3) is 0 Å². The largest absolute Gasteiger partial charge is 0.573 e. The maximum absolute atomic E-state index is 12.0. The number of nitrogens with one attached hydrogen (secondary N) is 1. The van der Waals surface area contributed by atoms with Gasteiger partial charge in [0.25, 0.3) is 0 Å². The number of alkyl halides is 3. The zero-order valence-electron chi connectivity index (χ0n) is 9.65. The van der Waals surface area contributed by atoms with Gasteiger partial charge in [-0.05, 0) is 29.1 Å². The van der Waals surface area contributed by atoms with Crippen molar-refractivity contribution in [1.29, 1.82) is 0 Å². The van der Waals surface area contributed by atoms with Crippen molar-refractivity contribution < 1.29 is 17.9 Å². The first-order chi connectivity index (χ1) is 8.99. The molecule has 0 fully saturated rings. The minimum absolute atomic E-state index is 0.250. The van der Waals surface area contributed by atoms with Gasteiger partial charge < -0.3 is 4.74 Å². The summed E-state index contributed by atoms with van der Waals surface area (Å²) in [5.74, 6) is 5.23. The van der Waals surface area contributed by atoms with Crippen molar-refractivity contribution in [2.24, 2.45) is 5.84 Å². The van der Waals surface area contributed by atoms with E-state index in [9.17, 15) is 13.2 Å². The van der Waals surface area contributed by atoms with Gasteiger partial charge in [0.2, 0.25) is 0 Å². The summed E-state index contributed by atoms with van der Waals surface area (Å²) in [7, 11) is 0. The highest BCUT2D eigenvalue weighted by Crippen LogP contribution is 2.28. The van der Waals surface area contributed by atoms with Crippen molar-refractivity contribution in [3.8, 4) is 5.75 Å². The summed E-state index contributed by atoms with van der Waals surface area (Å²) in [4.78, 5) is 0.979. The molecule has 0 bridgehead atoms. The van der Waals surface area contributed by atoms with Gasteiger partial charge in [0.15, 0.2) is 0 Å². The Balaban J connectivity index is 2.17. The number of halogens is 3. The fourth-order valence-corrected chi connectivity index (χ4v) is 2.47. The molecule has 0 aliphatic carbocycles. The SMILES string of the molecule is NNC(c1ccc(OC(F)(F)F)cc1)c1cccs1. The zero-order valence-corrected chi connectivity index (χ0v) is 10.5. The molecular formula is C12H11F3N2OS. The summed E-state index contributed by atoms with van der Waals surface area (Å²) in [6.07, 6.45) is -4.68. The van der Waals surface area contributed by atoms with E-state index in [0.717, 1.165) is 10.4 Å². The van der Waals surface area contributed by atoms with E-state index in [0.29, 0.717) is 0 Å². The Morgan fingerprint density at radius 1 is 1.16 bits per heavy atom. The Bertz CT molecular complexity index is 511. The van der Waals surface area contributed by atoms with Crippen molar-refractivity contribution in [3.05, 3.63) is 52.2 Å². The standard InChI is InChI=1S/C12H11F3N2OS/c13-12(14,15)18-9-5-3-8(4-6-9)11(17-16)10-2-1-7-19-10/h1-7,11,17H,16H2. The molecule has 2 rings (SSSR count). The molecule has 0 saturated carbocycles. The normalized spacial score (nSPS) is 13.3. The Kier molecular flexibility index (Phi) is 4.08. The number of ether oxygens (including phenoxy) is 1. The number of hydrogen-bond acceptors (Lipinski definition) is 4. The fraction of sp³-hybridized carbons (Fsp3) is 0.167. The number of rotatable bonds is 4. The van der Waals surface area contributed by atoms with Crippen LogP contribution >= 0.6 is 11.3 Å². The number of hydrazine groups is 1. The van der Waals surface area contributed by atoms with Gasteiger partial charge >= 0.3 is 6.36 Å². The van der Waals surface area contributed by atoms with Crippen LogP contribution in [-0.2, 0) is 0 Å². The maximum atomic E-state index is 12.0. The molecule has 3 nitrogen and oxygen atoms in total. The lowest BCUT2D eigenvalue weighted by Crippen LogP contribution is -2.28. The van der Waals surface area contributed by atoms with Crippen molar-refractivity contribution in [2.45, 2.75) is 12.4 Å². The Hall–Kier alpha value is -1.57. The van der Waals surface area contributed by atoms with Crippen LogP contribution in [0, 0.1) is 0 Å². The summed E-state index contributed by atoms with van der Waals surface area (Å²) in [5, 5.41) is 1.90. The molecule has 2 aromatic rings. The number of benzene rings is 1. The topological polar surface area (TPSA) is 47.3 Å². The zero-order chi connectivity index (χ0) is 13.9. The van der Waals surface area contributed by atoms with Gasteiger partial charge in [0.05, 0.1) is 6.04 Å². The smallest absolute Gasteiger partial charge is 0.406 e. The van der Waals surface area contributed by atoms with Gasteiger partial charge in [-0.1, -0.05) is 18.2 Å². The summed E-state index contributed by atoms with van der Waals surface area (Å²) < 4.78 is 39.9. The predicted molar refractivity (Wildman–Crippen MR) is 66.6 cm³/mol. The average molecular weight is 288 g/mol. The van der Waals surface area contributed by atoms with Crippen LogP contribution in [0.4, 0.5) is 13.2 Å². The predicted octanol–water partition coefficient (Wildman–Crippen LogP) is 3.20. The van der Waals surface area contributed by atoms with E-state index in [1.54, 1.807) is 12.1 Å². The number of hydrogen-bond donors (Lipinski definition) is 2. The molecule has 1 heterocycles. The lowest BCUT2D eigenvalue weighted by Gasteiger charge is -2.15. The van der Waals surface area contributed by atoms with E-state index < -0.39 is 6.36 Å². The van der Waals surface area contributed by atoms with Gasteiger partial charge in [0, 0.05) is 4.88 Å². The van der Waals surface area contributed by atoms with Crippen LogP contribution < -0.4 is 16.0 Å². The van der Waals surface area contributed by atoms with Gasteiger partial charge in [-0.15, -0.1) is 24.5 Å². The molecule has 0 radical (unpaired) electrons. The van der Waals surface area contributed by atoms with Crippen LogP contribution in [0.1, 0.15) is 16.5 Å². The summed E-state index contributed by atoms with van der Waals surface area (Å²) >= 11 is 1.51. The Morgan fingerprint density at radius 2 is 1.84 bits per heavy atom. The first-order valence-corrected chi connectivity index (χ1v) is 6.23. The highest BCUT2D eigenvalue weighted by atomic mass is 32.1. The second kappa shape index (κ2) is 5.60. The van der Waals surface area contributed by atoms with E-state index in [-0.39, 0.29) is 11.8 Å². The molecule has 0 spiro atoms. The molecule has 0 saturated heterocycles. The van der Waals surface area contributed by atoms with Crippen LogP contribution in [-0.4, -0.2) is 6.36 Å². The third-order valence-corrected chi connectivity index (χ3v) is 3.38. The first-order valence-electron chi connectivity index (χ1n) is 5.35. The van der Waals surface area contributed by atoms with Crippen molar-refractivity contribution in [3.63, 3.8) is 0 Å².